The molecule has 0 spiro atoms. The van der Waals surface area contributed by atoms with Crippen molar-refractivity contribution in [2.24, 2.45) is 10.2 Å². The molecule has 0 radical (unpaired) electrons. The average Bonchev–Trinajstić information content (AvgIpc) is 3.11. The Morgan fingerprint density at radius 3 is 2.37 bits per heavy atom. The number of aromatic nitrogens is 3. The third-order valence-corrected chi connectivity index (χ3v) is 4.58. The van der Waals surface area contributed by atoms with Gasteiger partial charge in [-0.25, -0.2) is 9.78 Å². The maximum atomic E-state index is 12.6. The monoisotopic (exact) mass is 396 g/mol. The number of unbranched alkanes of at least 4 members (excludes halogenated alkanes) is 2. The number of hydrogen-bond acceptors (Lipinski definition) is 9. The fraction of sp³-hybridized carbons (Fsp3) is 0.533. The van der Waals surface area contributed by atoms with E-state index >= 15 is 0 Å². The van der Waals surface area contributed by atoms with Crippen LogP contribution in [0.25, 0.3) is 0 Å². The van der Waals surface area contributed by atoms with Gasteiger partial charge in [-0.05, 0) is 24.2 Å². The van der Waals surface area contributed by atoms with Crippen LogP contribution in [0.5, 0.6) is 5.88 Å². The SMILES string of the molecule is CCCCn1c(O)c(N=Nc2ncc([N+](=O)[O-])s2)c(=O)n(CCCC)c1=O. The summed E-state index contributed by atoms with van der Waals surface area (Å²) in [4.78, 5) is 38.9. The topological polar surface area (TPSA) is 145 Å². The Hall–Kier alpha value is -2.89. The van der Waals surface area contributed by atoms with Crippen LogP contribution >= 0.6 is 11.3 Å². The number of thiazole rings is 1. The minimum absolute atomic E-state index is 0.0353. The fourth-order valence-corrected chi connectivity index (χ4v) is 2.83. The van der Waals surface area contributed by atoms with Gasteiger partial charge in [0.15, 0.2) is 0 Å². The summed E-state index contributed by atoms with van der Waals surface area (Å²) in [5.41, 5.74) is -1.74. The van der Waals surface area contributed by atoms with Crippen LogP contribution in [0.1, 0.15) is 39.5 Å². The number of nitrogens with zero attached hydrogens (tertiary/aromatic N) is 6. The van der Waals surface area contributed by atoms with E-state index < -0.39 is 22.1 Å². The molecule has 0 saturated heterocycles. The van der Waals surface area contributed by atoms with E-state index in [0.29, 0.717) is 24.2 Å². The molecule has 1 N–H and O–H groups in total. The zero-order valence-corrected chi connectivity index (χ0v) is 15.8. The van der Waals surface area contributed by atoms with Gasteiger partial charge in [0.2, 0.25) is 16.7 Å². The molecule has 0 aliphatic heterocycles. The van der Waals surface area contributed by atoms with Crippen molar-refractivity contribution in [3.63, 3.8) is 0 Å². The van der Waals surface area contributed by atoms with E-state index in [1.807, 2.05) is 13.8 Å². The van der Waals surface area contributed by atoms with Crippen LogP contribution in [0, 0.1) is 10.1 Å². The largest absolute Gasteiger partial charge is 0.493 e. The van der Waals surface area contributed by atoms with Gasteiger partial charge < -0.3 is 5.11 Å². The van der Waals surface area contributed by atoms with Crippen LogP contribution < -0.4 is 11.2 Å². The summed E-state index contributed by atoms with van der Waals surface area (Å²) in [6.45, 7) is 4.30. The molecule has 0 aliphatic carbocycles. The van der Waals surface area contributed by atoms with Crippen molar-refractivity contribution in [2.75, 3.05) is 0 Å². The molecule has 0 aliphatic rings. The van der Waals surface area contributed by atoms with E-state index in [2.05, 4.69) is 15.2 Å². The molecule has 0 unspecified atom stereocenters. The van der Waals surface area contributed by atoms with Crippen LogP contribution in [0.3, 0.4) is 0 Å². The highest BCUT2D eigenvalue weighted by molar-refractivity contribution is 7.18. The van der Waals surface area contributed by atoms with Crippen LogP contribution in [0.15, 0.2) is 26.0 Å². The number of hydrogen-bond donors (Lipinski definition) is 1. The van der Waals surface area contributed by atoms with E-state index in [9.17, 15) is 24.8 Å². The number of azo groups is 1. The lowest BCUT2D eigenvalue weighted by atomic mass is 10.3. The normalized spacial score (nSPS) is 11.3. The molecule has 2 aromatic rings. The Morgan fingerprint density at radius 1 is 1.19 bits per heavy atom. The molecule has 0 aromatic carbocycles. The Morgan fingerprint density at radius 2 is 1.81 bits per heavy atom. The van der Waals surface area contributed by atoms with Crippen molar-refractivity contribution in [1.82, 2.24) is 14.1 Å². The van der Waals surface area contributed by atoms with Crippen LogP contribution in [0.2, 0.25) is 0 Å². The van der Waals surface area contributed by atoms with Crippen molar-refractivity contribution in [2.45, 2.75) is 52.6 Å². The smallest absolute Gasteiger partial charge is 0.345 e. The molecule has 11 nitrogen and oxygen atoms in total. The molecular formula is C15H20N6O5S. The summed E-state index contributed by atoms with van der Waals surface area (Å²) >= 11 is 0.682. The second-order valence-corrected chi connectivity index (χ2v) is 6.70. The first-order valence-electron chi connectivity index (χ1n) is 8.49. The van der Waals surface area contributed by atoms with Gasteiger partial charge in [0.1, 0.15) is 6.20 Å². The Kier molecular flexibility index (Phi) is 6.93. The Bertz CT molecular complexity index is 961. The van der Waals surface area contributed by atoms with Crippen LogP contribution in [0.4, 0.5) is 15.8 Å². The summed E-state index contributed by atoms with van der Waals surface area (Å²) in [6.07, 6.45) is 3.85. The van der Waals surface area contributed by atoms with Crippen LogP contribution in [-0.4, -0.2) is 24.1 Å². The lowest BCUT2D eigenvalue weighted by Crippen LogP contribution is -2.39. The standard InChI is InChI=1S/C15H20N6O5S/c1-3-5-7-19-12(22)11(13(23)20(15(19)24)8-6-4-2)17-18-14-16-9-10(27-14)21(25)26/h9,22H,3-8H2,1-2H3. The molecular weight excluding hydrogens is 376 g/mol. The van der Waals surface area contributed by atoms with Crippen molar-refractivity contribution < 1.29 is 10.0 Å². The predicted molar refractivity (Wildman–Crippen MR) is 99.4 cm³/mol. The second-order valence-electron chi connectivity index (χ2n) is 5.71. The minimum Gasteiger partial charge on any atom is -0.493 e. The quantitative estimate of drug-likeness (QED) is 0.391. The van der Waals surface area contributed by atoms with Gasteiger partial charge in [-0.3, -0.25) is 24.0 Å². The molecule has 2 rings (SSSR count). The average molecular weight is 396 g/mol. The van der Waals surface area contributed by atoms with Crippen molar-refractivity contribution >= 4 is 27.2 Å². The van der Waals surface area contributed by atoms with E-state index in [4.69, 9.17) is 0 Å². The van der Waals surface area contributed by atoms with E-state index in [1.54, 1.807) is 0 Å². The molecule has 12 heteroatoms. The molecule has 27 heavy (non-hydrogen) atoms. The lowest BCUT2D eigenvalue weighted by Gasteiger charge is -2.13. The van der Waals surface area contributed by atoms with Gasteiger partial charge in [-0.15, -0.1) is 10.2 Å². The molecule has 0 bridgehead atoms. The van der Waals surface area contributed by atoms with Crippen LogP contribution in [-0.2, 0) is 13.1 Å². The number of nitro groups is 1. The molecule has 0 saturated carbocycles. The predicted octanol–water partition coefficient (Wildman–Crippen LogP) is 3.10. The lowest BCUT2D eigenvalue weighted by molar-refractivity contribution is -0.380. The number of aromatic hydroxyl groups is 1. The van der Waals surface area contributed by atoms with E-state index in [0.717, 1.165) is 28.2 Å². The third kappa shape index (κ3) is 4.64. The zero-order valence-electron chi connectivity index (χ0n) is 15.0. The second kappa shape index (κ2) is 9.16. The maximum Gasteiger partial charge on any atom is 0.345 e. The maximum absolute atomic E-state index is 12.6. The van der Waals surface area contributed by atoms with E-state index in [-0.39, 0.29) is 28.9 Å². The zero-order chi connectivity index (χ0) is 20.0. The van der Waals surface area contributed by atoms with Gasteiger partial charge in [-0.2, -0.15) is 0 Å². The van der Waals surface area contributed by atoms with Gasteiger partial charge in [0.25, 0.3) is 5.56 Å². The summed E-state index contributed by atoms with van der Waals surface area (Å²) < 4.78 is 2.12. The highest BCUT2D eigenvalue weighted by Gasteiger charge is 2.19. The molecule has 2 heterocycles. The van der Waals surface area contributed by atoms with Gasteiger partial charge in [0, 0.05) is 13.1 Å². The Balaban J connectivity index is 2.52. The van der Waals surface area contributed by atoms with Gasteiger partial charge in [0.05, 0.1) is 4.92 Å². The number of rotatable bonds is 9. The van der Waals surface area contributed by atoms with Crippen molar-refractivity contribution in [1.29, 1.82) is 0 Å². The summed E-state index contributed by atoms with van der Waals surface area (Å²) in [5, 5.41) is 28.3. The van der Waals surface area contributed by atoms with E-state index in [1.165, 1.54) is 0 Å². The van der Waals surface area contributed by atoms with Gasteiger partial charge in [-0.1, -0.05) is 26.7 Å². The summed E-state index contributed by atoms with van der Waals surface area (Å²) in [5.74, 6) is -0.569. The first-order valence-corrected chi connectivity index (χ1v) is 9.30. The summed E-state index contributed by atoms with van der Waals surface area (Å²) in [6, 6.07) is 0. The highest BCUT2D eigenvalue weighted by Crippen LogP contribution is 2.29. The first kappa shape index (κ1) is 20.4. The molecule has 2 aromatic heterocycles. The molecule has 146 valence electrons. The Labute approximate surface area is 157 Å². The van der Waals surface area contributed by atoms with Crippen molar-refractivity contribution in [3.05, 3.63) is 37.1 Å². The summed E-state index contributed by atoms with van der Waals surface area (Å²) in [7, 11) is 0. The molecule has 0 atom stereocenters. The molecule has 0 amide bonds. The molecule has 0 fully saturated rings. The van der Waals surface area contributed by atoms with Crippen molar-refractivity contribution in [3.8, 4) is 5.88 Å². The first-order chi connectivity index (χ1) is 12.9. The fourth-order valence-electron chi connectivity index (χ4n) is 2.27. The highest BCUT2D eigenvalue weighted by atomic mass is 32.1. The third-order valence-electron chi connectivity index (χ3n) is 3.74. The minimum atomic E-state index is -0.756. The van der Waals surface area contributed by atoms with Gasteiger partial charge >= 0.3 is 10.7 Å².